The van der Waals surface area contributed by atoms with E-state index in [4.69, 9.17) is 0 Å². The van der Waals surface area contributed by atoms with E-state index < -0.39 is 10.0 Å². The molecule has 146 valence electrons. The van der Waals surface area contributed by atoms with E-state index in [1.807, 2.05) is 6.92 Å². The van der Waals surface area contributed by atoms with E-state index in [9.17, 15) is 13.2 Å². The van der Waals surface area contributed by atoms with Gasteiger partial charge in [-0.15, -0.1) is 0 Å². The molecule has 5 nitrogen and oxygen atoms in total. The molecule has 2 aromatic carbocycles. The third kappa shape index (κ3) is 5.40. The third-order valence-electron chi connectivity index (χ3n) is 4.63. The fourth-order valence-corrected chi connectivity index (χ4v) is 3.96. The maximum atomic E-state index is 12.6. The fourth-order valence-electron chi connectivity index (χ4n) is 2.84. The number of benzene rings is 2. The summed E-state index contributed by atoms with van der Waals surface area (Å²) < 4.78 is 26.2. The van der Waals surface area contributed by atoms with Gasteiger partial charge in [-0.25, -0.2) is 8.42 Å². The van der Waals surface area contributed by atoms with Crippen molar-refractivity contribution in [2.75, 3.05) is 13.6 Å². The van der Waals surface area contributed by atoms with Crippen LogP contribution in [0.2, 0.25) is 0 Å². The van der Waals surface area contributed by atoms with E-state index in [1.54, 1.807) is 24.3 Å². The van der Waals surface area contributed by atoms with Gasteiger partial charge in [0.1, 0.15) is 0 Å². The van der Waals surface area contributed by atoms with E-state index >= 15 is 0 Å². The smallest absolute Gasteiger partial charge is 0.243 e. The Morgan fingerprint density at radius 3 is 2.26 bits per heavy atom. The normalized spacial score (nSPS) is 11.6. The molecule has 0 aromatic heterocycles. The summed E-state index contributed by atoms with van der Waals surface area (Å²) in [4.78, 5) is 12.5. The molecule has 0 aliphatic carbocycles. The number of amides is 1. The first kappa shape index (κ1) is 21.1. The molecular formula is C21H28N2O3S. The third-order valence-corrected chi connectivity index (χ3v) is 6.45. The second-order valence-electron chi connectivity index (χ2n) is 6.66. The first-order valence-electron chi connectivity index (χ1n) is 9.18. The molecule has 2 rings (SSSR count). The number of carbonyl (C=O) groups is 1. The molecule has 0 atom stereocenters. The van der Waals surface area contributed by atoms with Gasteiger partial charge in [0, 0.05) is 13.6 Å². The number of nitrogens with zero attached hydrogens (tertiary/aromatic N) is 1. The van der Waals surface area contributed by atoms with E-state index in [0.29, 0.717) is 6.54 Å². The summed E-state index contributed by atoms with van der Waals surface area (Å²) in [6.45, 7) is 6.24. The lowest BCUT2D eigenvalue weighted by Crippen LogP contribution is -2.38. The van der Waals surface area contributed by atoms with Gasteiger partial charge in [-0.05, 0) is 48.6 Å². The molecule has 0 heterocycles. The number of carbonyl (C=O) groups excluding carboxylic acids is 1. The topological polar surface area (TPSA) is 66.5 Å². The van der Waals surface area contributed by atoms with Gasteiger partial charge >= 0.3 is 0 Å². The number of sulfonamides is 1. The van der Waals surface area contributed by atoms with Crippen molar-refractivity contribution in [3.05, 3.63) is 64.7 Å². The zero-order chi connectivity index (χ0) is 20.0. The first-order chi connectivity index (χ1) is 12.8. The second kappa shape index (κ2) is 9.15. The zero-order valence-corrected chi connectivity index (χ0v) is 17.3. The summed E-state index contributed by atoms with van der Waals surface area (Å²) in [5.74, 6) is -0.322. The molecule has 1 N–H and O–H groups in total. The zero-order valence-electron chi connectivity index (χ0n) is 16.5. The maximum Gasteiger partial charge on any atom is 0.243 e. The van der Waals surface area contributed by atoms with Crippen LogP contribution in [-0.4, -0.2) is 32.2 Å². The molecular weight excluding hydrogens is 360 g/mol. The highest BCUT2D eigenvalue weighted by Crippen LogP contribution is 2.15. The largest absolute Gasteiger partial charge is 0.351 e. The van der Waals surface area contributed by atoms with Crippen LogP contribution in [0.25, 0.3) is 0 Å². The number of hydrogen-bond donors (Lipinski definition) is 1. The van der Waals surface area contributed by atoms with Crippen LogP contribution in [0, 0.1) is 6.92 Å². The summed E-state index contributed by atoms with van der Waals surface area (Å²) in [5.41, 5.74) is 4.47. The molecule has 0 aliphatic heterocycles. The number of nitrogens with one attached hydrogen (secondary N) is 1. The number of likely N-dealkylation sites (N-methyl/N-ethyl adjacent to an activating group) is 1. The van der Waals surface area contributed by atoms with Crippen molar-refractivity contribution in [2.45, 2.75) is 45.1 Å². The molecule has 27 heavy (non-hydrogen) atoms. The molecule has 1 amide bonds. The first-order valence-corrected chi connectivity index (χ1v) is 10.6. The Morgan fingerprint density at radius 1 is 1.00 bits per heavy atom. The van der Waals surface area contributed by atoms with E-state index in [0.717, 1.165) is 28.3 Å². The lowest BCUT2D eigenvalue weighted by Gasteiger charge is -2.17. The van der Waals surface area contributed by atoms with Crippen molar-refractivity contribution < 1.29 is 13.2 Å². The van der Waals surface area contributed by atoms with Gasteiger partial charge in [-0.1, -0.05) is 49.7 Å². The van der Waals surface area contributed by atoms with Crippen molar-refractivity contribution in [3.8, 4) is 0 Å². The van der Waals surface area contributed by atoms with Crippen LogP contribution < -0.4 is 5.32 Å². The number of aryl methyl sites for hydroxylation is 3. The summed E-state index contributed by atoms with van der Waals surface area (Å²) in [7, 11) is -2.26. The van der Waals surface area contributed by atoms with Gasteiger partial charge < -0.3 is 5.32 Å². The number of hydrogen-bond acceptors (Lipinski definition) is 3. The standard InChI is InChI=1S/C21H28N2O3S/c1-5-17-9-10-18(6-2)19(13-17)14-22-21(24)15-23(4)27(25,26)20-11-7-16(3)8-12-20/h7-13H,5-6,14-15H2,1-4H3,(H,22,24). The van der Waals surface area contributed by atoms with E-state index in [2.05, 4.69) is 37.4 Å². The highest BCUT2D eigenvalue weighted by atomic mass is 32.2. The van der Waals surface area contributed by atoms with Crippen LogP contribution in [0.4, 0.5) is 0 Å². The molecule has 0 aliphatic rings. The Bertz CT molecular complexity index is 890. The predicted octanol–water partition coefficient (Wildman–Crippen LogP) is 3.06. The molecule has 0 radical (unpaired) electrons. The highest BCUT2D eigenvalue weighted by Gasteiger charge is 2.22. The van der Waals surface area contributed by atoms with Crippen molar-refractivity contribution >= 4 is 15.9 Å². The molecule has 6 heteroatoms. The minimum Gasteiger partial charge on any atom is -0.351 e. The Kier molecular flexibility index (Phi) is 7.16. The van der Waals surface area contributed by atoms with Crippen molar-refractivity contribution in [1.82, 2.24) is 9.62 Å². The summed E-state index contributed by atoms with van der Waals surface area (Å²) in [6, 6.07) is 12.9. The molecule has 0 spiro atoms. The Balaban J connectivity index is 2.02. The summed E-state index contributed by atoms with van der Waals surface area (Å²) in [6.07, 6.45) is 1.82. The van der Waals surface area contributed by atoms with Crippen LogP contribution in [0.3, 0.4) is 0 Å². The van der Waals surface area contributed by atoms with E-state index in [1.165, 1.54) is 18.2 Å². The van der Waals surface area contributed by atoms with Crippen molar-refractivity contribution in [3.63, 3.8) is 0 Å². The van der Waals surface area contributed by atoms with Gasteiger partial charge in [0.2, 0.25) is 15.9 Å². The molecule has 0 saturated heterocycles. The summed E-state index contributed by atoms with van der Waals surface area (Å²) in [5, 5.41) is 2.84. The maximum absolute atomic E-state index is 12.6. The van der Waals surface area contributed by atoms with Crippen LogP contribution in [-0.2, 0) is 34.2 Å². The van der Waals surface area contributed by atoms with Crippen LogP contribution in [0.5, 0.6) is 0 Å². The molecule has 0 bridgehead atoms. The van der Waals surface area contributed by atoms with Gasteiger partial charge in [-0.3, -0.25) is 4.79 Å². The van der Waals surface area contributed by atoms with Crippen molar-refractivity contribution in [2.24, 2.45) is 0 Å². The van der Waals surface area contributed by atoms with Crippen LogP contribution >= 0.6 is 0 Å². The second-order valence-corrected chi connectivity index (χ2v) is 8.71. The monoisotopic (exact) mass is 388 g/mol. The highest BCUT2D eigenvalue weighted by molar-refractivity contribution is 7.89. The lowest BCUT2D eigenvalue weighted by atomic mass is 10.0. The average Bonchev–Trinajstić information content (AvgIpc) is 2.66. The Morgan fingerprint density at radius 2 is 1.67 bits per heavy atom. The van der Waals surface area contributed by atoms with Gasteiger partial charge in [0.15, 0.2) is 0 Å². The van der Waals surface area contributed by atoms with Crippen molar-refractivity contribution in [1.29, 1.82) is 0 Å². The Labute approximate surface area is 162 Å². The lowest BCUT2D eigenvalue weighted by molar-refractivity contribution is -0.121. The number of rotatable bonds is 8. The van der Waals surface area contributed by atoms with Gasteiger partial charge in [0.25, 0.3) is 0 Å². The van der Waals surface area contributed by atoms with Crippen LogP contribution in [0.1, 0.15) is 36.1 Å². The molecule has 2 aromatic rings. The fraction of sp³-hybridized carbons (Fsp3) is 0.381. The predicted molar refractivity (Wildman–Crippen MR) is 108 cm³/mol. The minimum atomic E-state index is -3.68. The molecule has 0 fully saturated rings. The van der Waals surface area contributed by atoms with Gasteiger partial charge in [0.05, 0.1) is 11.4 Å². The summed E-state index contributed by atoms with van der Waals surface area (Å²) >= 11 is 0. The SMILES string of the molecule is CCc1ccc(CC)c(CNC(=O)CN(C)S(=O)(=O)c2ccc(C)cc2)c1. The van der Waals surface area contributed by atoms with Gasteiger partial charge in [-0.2, -0.15) is 4.31 Å². The van der Waals surface area contributed by atoms with E-state index in [-0.39, 0.29) is 17.3 Å². The Hall–Kier alpha value is -2.18. The average molecular weight is 389 g/mol. The molecule has 0 saturated carbocycles. The minimum absolute atomic E-state index is 0.187. The van der Waals surface area contributed by atoms with Crippen LogP contribution in [0.15, 0.2) is 47.4 Å². The quantitative estimate of drug-likeness (QED) is 0.756. The molecule has 0 unspecified atom stereocenters.